The molecule has 0 saturated heterocycles. The van der Waals surface area contributed by atoms with Crippen LogP contribution in [0.4, 0.5) is 5.69 Å². The van der Waals surface area contributed by atoms with E-state index in [4.69, 9.17) is 9.72 Å². The highest BCUT2D eigenvalue weighted by molar-refractivity contribution is 7.98. The van der Waals surface area contributed by atoms with E-state index >= 15 is 0 Å². The summed E-state index contributed by atoms with van der Waals surface area (Å²) in [6, 6.07) is 20.3. The molecule has 6 nitrogen and oxygen atoms in total. The number of thioether (sulfide) groups is 1. The third-order valence-corrected chi connectivity index (χ3v) is 5.74. The van der Waals surface area contributed by atoms with Crippen LogP contribution in [0.3, 0.4) is 0 Å². The molecule has 0 amide bonds. The van der Waals surface area contributed by atoms with Crippen molar-refractivity contribution in [1.82, 2.24) is 20.2 Å². The Kier molecular flexibility index (Phi) is 5.03. The van der Waals surface area contributed by atoms with Gasteiger partial charge < -0.3 is 10.1 Å². The van der Waals surface area contributed by atoms with Crippen molar-refractivity contribution in [1.29, 1.82) is 0 Å². The highest BCUT2D eigenvalue weighted by atomic mass is 32.2. The molecule has 0 saturated carbocycles. The molecule has 1 N–H and O–H groups in total. The molecular formula is C23H19N5OS. The van der Waals surface area contributed by atoms with Gasteiger partial charge in [0, 0.05) is 35.0 Å². The van der Waals surface area contributed by atoms with Gasteiger partial charge in [-0.1, -0.05) is 59.8 Å². The van der Waals surface area contributed by atoms with E-state index in [1.54, 1.807) is 24.2 Å². The van der Waals surface area contributed by atoms with E-state index in [0.717, 1.165) is 22.6 Å². The summed E-state index contributed by atoms with van der Waals surface area (Å²) in [5.74, 6) is 1.24. The van der Waals surface area contributed by atoms with E-state index in [1.807, 2.05) is 36.4 Å². The van der Waals surface area contributed by atoms with E-state index in [-0.39, 0.29) is 0 Å². The van der Waals surface area contributed by atoms with Crippen LogP contribution in [0.25, 0.3) is 11.3 Å². The number of hydrogen-bond acceptors (Lipinski definition) is 7. The quantitative estimate of drug-likeness (QED) is 0.470. The third kappa shape index (κ3) is 3.84. The fourth-order valence-corrected chi connectivity index (χ4v) is 3.96. The number of aromatic nitrogens is 4. The van der Waals surface area contributed by atoms with Gasteiger partial charge in [0.25, 0.3) is 0 Å². The molecular weight excluding hydrogens is 394 g/mol. The van der Waals surface area contributed by atoms with Gasteiger partial charge in [-0.2, -0.15) is 4.98 Å². The SMILES string of the molecule is Cc1ccc(CSc2nnc3c(n2)O[C@@H](c2ccncc2)Nc2ccccc2-3)cc1. The Hall–Kier alpha value is -3.45. The smallest absolute Gasteiger partial charge is 0.247 e. The van der Waals surface area contributed by atoms with E-state index in [1.165, 1.54) is 11.1 Å². The first-order chi connectivity index (χ1) is 14.8. The summed E-state index contributed by atoms with van der Waals surface area (Å²) in [5.41, 5.74) is 5.89. The Morgan fingerprint density at radius 3 is 2.60 bits per heavy atom. The number of ether oxygens (including phenoxy) is 1. The number of anilines is 1. The minimum absolute atomic E-state index is 0.401. The summed E-state index contributed by atoms with van der Waals surface area (Å²) >= 11 is 1.54. The molecule has 30 heavy (non-hydrogen) atoms. The molecule has 0 unspecified atom stereocenters. The average Bonchev–Trinajstić information content (AvgIpc) is 2.96. The average molecular weight is 414 g/mol. The standard InChI is InChI=1S/C23H19N5OS/c1-15-6-8-16(9-7-15)14-30-23-26-22-20(27-28-23)18-4-2-3-5-19(18)25-21(29-22)17-10-12-24-13-11-17/h2-13,21,25H,14H2,1H3/t21-/m0/s1. The van der Waals surface area contributed by atoms with Crippen molar-refractivity contribution in [3.05, 3.63) is 89.7 Å². The molecule has 4 aromatic rings. The first-order valence-corrected chi connectivity index (χ1v) is 10.6. The van der Waals surface area contributed by atoms with Crippen molar-refractivity contribution in [2.24, 2.45) is 0 Å². The van der Waals surface area contributed by atoms with Gasteiger partial charge in [-0.25, -0.2) is 0 Å². The highest BCUT2D eigenvalue weighted by Gasteiger charge is 2.25. The number of aryl methyl sites for hydroxylation is 1. The van der Waals surface area contributed by atoms with Crippen molar-refractivity contribution >= 4 is 17.4 Å². The van der Waals surface area contributed by atoms with Gasteiger partial charge in [0.15, 0.2) is 11.9 Å². The van der Waals surface area contributed by atoms with Crippen molar-refractivity contribution in [3.63, 3.8) is 0 Å². The first-order valence-electron chi connectivity index (χ1n) is 9.62. The summed E-state index contributed by atoms with van der Waals surface area (Å²) in [6.45, 7) is 2.08. The lowest BCUT2D eigenvalue weighted by Gasteiger charge is -2.19. The molecule has 0 spiro atoms. The second-order valence-electron chi connectivity index (χ2n) is 6.99. The number of benzene rings is 2. The summed E-state index contributed by atoms with van der Waals surface area (Å²) in [5, 5.41) is 12.8. The van der Waals surface area contributed by atoms with Crippen LogP contribution in [0.5, 0.6) is 5.88 Å². The zero-order valence-electron chi connectivity index (χ0n) is 16.3. The molecule has 0 fully saturated rings. The fraction of sp³-hybridized carbons (Fsp3) is 0.130. The molecule has 2 aromatic heterocycles. The molecule has 1 aliphatic heterocycles. The van der Waals surface area contributed by atoms with Gasteiger partial charge in [-0.3, -0.25) is 4.98 Å². The Balaban J connectivity index is 1.48. The molecule has 5 rings (SSSR count). The number of hydrogen-bond donors (Lipinski definition) is 1. The Morgan fingerprint density at radius 1 is 0.967 bits per heavy atom. The summed E-state index contributed by atoms with van der Waals surface area (Å²) in [4.78, 5) is 8.79. The van der Waals surface area contributed by atoms with E-state index in [2.05, 4.69) is 51.7 Å². The fourth-order valence-electron chi connectivity index (χ4n) is 3.23. The van der Waals surface area contributed by atoms with Crippen LogP contribution in [-0.4, -0.2) is 20.2 Å². The molecule has 2 aromatic carbocycles. The van der Waals surface area contributed by atoms with Crippen LogP contribution in [-0.2, 0) is 5.75 Å². The van der Waals surface area contributed by atoms with Gasteiger partial charge in [0.2, 0.25) is 11.0 Å². The molecule has 7 heteroatoms. The molecule has 3 heterocycles. The molecule has 0 radical (unpaired) electrons. The maximum Gasteiger partial charge on any atom is 0.247 e. The van der Waals surface area contributed by atoms with Gasteiger partial charge in [-0.15, -0.1) is 10.2 Å². The number of para-hydroxylation sites is 1. The predicted molar refractivity (Wildman–Crippen MR) is 117 cm³/mol. The van der Waals surface area contributed by atoms with Crippen molar-refractivity contribution in [3.8, 4) is 17.1 Å². The summed E-state index contributed by atoms with van der Waals surface area (Å²) in [7, 11) is 0. The van der Waals surface area contributed by atoms with Crippen LogP contribution >= 0.6 is 11.8 Å². The van der Waals surface area contributed by atoms with E-state index in [9.17, 15) is 0 Å². The Bertz CT molecular complexity index is 1170. The Morgan fingerprint density at radius 2 is 1.77 bits per heavy atom. The van der Waals surface area contributed by atoms with Crippen LogP contribution in [0, 0.1) is 6.92 Å². The van der Waals surface area contributed by atoms with Crippen LogP contribution in [0.2, 0.25) is 0 Å². The van der Waals surface area contributed by atoms with Crippen molar-refractivity contribution < 1.29 is 4.74 Å². The number of rotatable bonds is 4. The first kappa shape index (κ1) is 18.6. The normalized spacial score (nSPS) is 14.6. The van der Waals surface area contributed by atoms with Crippen LogP contribution in [0.1, 0.15) is 22.9 Å². The Labute approximate surface area is 178 Å². The largest absolute Gasteiger partial charge is 0.448 e. The predicted octanol–water partition coefficient (Wildman–Crippen LogP) is 5.04. The molecule has 1 aliphatic rings. The van der Waals surface area contributed by atoms with Crippen LogP contribution < -0.4 is 10.1 Å². The van der Waals surface area contributed by atoms with E-state index in [0.29, 0.717) is 16.7 Å². The van der Waals surface area contributed by atoms with Gasteiger partial charge in [0.1, 0.15) is 0 Å². The second-order valence-corrected chi connectivity index (χ2v) is 7.93. The minimum Gasteiger partial charge on any atom is -0.448 e. The lowest BCUT2D eigenvalue weighted by atomic mass is 10.1. The van der Waals surface area contributed by atoms with Gasteiger partial charge in [-0.05, 0) is 30.7 Å². The zero-order valence-corrected chi connectivity index (χ0v) is 17.1. The highest BCUT2D eigenvalue weighted by Crippen LogP contribution is 2.39. The number of nitrogens with zero attached hydrogens (tertiary/aromatic N) is 4. The monoisotopic (exact) mass is 413 g/mol. The van der Waals surface area contributed by atoms with Gasteiger partial charge >= 0.3 is 0 Å². The third-order valence-electron chi connectivity index (χ3n) is 4.83. The van der Waals surface area contributed by atoms with Crippen molar-refractivity contribution in [2.45, 2.75) is 24.1 Å². The summed E-state index contributed by atoms with van der Waals surface area (Å²) < 4.78 is 6.27. The number of nitrogens with one attached hydrogen (secondary N) is 1. The summed E-state index contributed by atoms with van der Waals surface area (Å²) in [6.07, 6.45) is 3.10. The van der Waals surface area contributed by atoms with E-state index < -0.39 is 6.23 Å². The van der Waals surface area contributed by atoms with Crippen LogP contribution in [0.15, 0.2) is 78.2 Å². The van der Waals surface area contributed by atoms with Gasteiger partial charge in [0.05, 0.1) is 0 Å². The number of fused-ring (bicyclic) bond motifs is 3. The molecule has 0 bridgehead atoms. The number of pyridine rings is 1. The topological polar surface area (TPSA) is 72.8 Å². The molecule has 0 aliphatic carbocycles. The zero-order chi connectivity index (χ0) is 20.3. The lowest BCUT2D eigenvalue weighted by Crippen LogP contribution is -2.17. The molecule has 148 valence electrons. The second kappa shape index (κ2) is 8.12. The lowest BCUT2D eigenvalue weighted by molar-refractivity contribution is 0.225. The van der Waals surface area contributed by atoms with Crippen molar-refractivity contribution in [2.75, 3.05) is 5.32 Å². The maximum absolute atomic E-state index is 6.27. The minimum atomic E-state index is -0.401. The maximum atomic E-state index is 6.27. The molecule has 1 atom stereocenters.